The third kappa shape index (κ3) is 6.24. The molecule has 1 heterocycles. The molecule has 3 rings (SSSR count). The van der Waals surface area contributed by atoms with Gasteiger partial charge in [-0.1, -0.05) is 12.1 Å². The summed E-state index contributed by atoms with van der Waals surface area (Å²) in [6.07, 6.45) is 2.73. The second-order valence-corrected chi connectivity index (χ2v) is 6.75. The Morgan fingerprint density at radius 2 is 2.03 bits per heavy atom. The van der Waals surface area contributed by atoms with Gasteiger partial charge in [-0.3, -0.25) is 14.9 Å². The fourth-order valence-corrected chi connectivity index (χ4v) is 2.77. The van der Waals surface area contributed by atoms with Crippen LogP contribution in [0.5, 0.6) is 11.5 Å². The minimum atomic E-state index is -0.637. The number of amides is 1. The molecule has 10 nitrogen and oxygen atoms in total. The first-order valence-electron chi connectivity index (χ1n) is 8.67. The van der Waals surface area contributed by atoms with Gasteiger partial charge in [-0.15, -0.1) is 0 Å². The number of hydrogen-bond acceptors (Lipinski definition) is 8. The van der Waals surface area contributed by atoms with Gasteiger partial charge in [-0.05, 0) is 51.8 Å². The quantitative estimate of drug-likeness (QED) is 0.168. The third-order valence-electron chi connectivity index (χ3n) is 3.68. The number of furan rings is 1. The molecule has 31 heavy (non-hydrogen) atoms. The second kappa shape index (κ2) is 10.2. The number of nitro benzene ring substituents is 1. The topological polar surface area (TPSA) is 133 Å². The van der Waals surface area contributed by atoms with Crippen molar-refractivity contribution in [2.24, 2.45) is 5.10 Å². The van der Waals surface area contributed by atoms with Crippen LogP contribution < -0.4 is 14.9 Å². The van der Waals surface area contributed by atoms with Crippen LogP contribution in [0.25, 0.3) is 0 Å². The van der Waals surface area contributed by atoms with Gasteiger partial charge in [-0.2, -0.15) is 5.10 Å². The summed E-state index contributed by atoms with van der Waals surface area (Å²) in [7, 11) is 0. The number of benzene rings is 2. The molecule has 0 bridgehead atoms. The fraction of sp³-hybridized carbons (Fsp3) is 0.0500. The van der Waals surface area contributed by atoms with E-state index in [-0.39, 0.29) is 29.6 Å². The Kier molecular flexibility index (Phi) is 7.12. The minimum absolute atomic E-state index is 0.0750. The maximum atomic E-state index is 11.9. The summed E-state index contributed by atoms with van der Waals surface area (Å²) in [5.74, 6) is -0.548. The van der Waals surface area contributed by atoms with E-state index in [0.717, 1.165) is 0 Å². The number of nitrogens with one attached hydrogen (secondary N) is 1. The maximum Gasteiger partial charge on any atom is 0.379 e. The Balaban J connectivity index is 1.50. The Labute approximate surface area is 183 Å². The number of halogens is 1. The zero-order valence-corrected chi connectivity index (χ0v) is 17.3. The van der Waals surface area contributed by atoms with Crippen LogP contribution >= 0.6 is 15.9 Å². The van der Waals surface area contributed by atoms with Crippen molar-refractivity contribution in [1.82, 2.24) is 5.43 Å². The lowest BCUT2D eigenvalue weighted by Crippen LogP contribution is -2.24. The van der Waals surface area contributed by atoms with Gasteiger partial charge in [0.15, 0.2) is 6.61 Å². The zero-order valence-electron chi connectivity index (χ0n) is 15.7. The molecule has 1 N–H and O–H groups in total. The number of ether oxygens (including phenoxy) is 2. The Morgan fingerprint density at radius 1 is 1.19 bits per heavy atom. The predicted molar refractivity (Wildman–Crippen MR) is 112 cm³/mol. The summed E-state index contributed by atoms with van der Waals surface area (Å²) in [4.78, 5) is 34.0. The van der Waals surface area contributed by atoms with E-state index < -0.39 is 16.8 Å². The molecule has 0 aliphatic rings. The average Bonchev–Trinajstić information content (AvgIpc) is 3.28. The van der Waals surface area contributed by atoms with E-state index in [2.05, 4.69) is 26.5 Å². The average molecular weight is 488 g/mol. The fourth-order valence-electron chi connectivity index (χ4n) is 2.29. The SMILES string of the molecule is O=C(COc1ccc([N+](=O)[O-])cc1Br)NN=Cc1cccc(OC(=O)c2ccco2)c1. The van der Waals surface area contributed by atoms with Crippen molar-refractivity contribution >= 4 is 39.7 Å². The molecular weight excluding hydrogens is 474 g/mol. The molecule has 1 aromatic heterocycles. The molecule has 0 saturated carbocycles. The lowest BCUT2D eigenvalue weighted by molar-refractivity contribution is -0.384. The first kappa shape index (κ1) is 21.7. The van der Waals surface area contributed by atoms with Crippen molar-refractivity contribution in [1.29, 1.82) is 0 Å². The van der Waals surface area contributed by atoms with Crippen molar-refractivity contribution in [2.75, 3.05) is 6.61 Å². The number of nitro groups is 1. The molecule has 0 saturated heterocycles. The normalized spacial score (nSPS) is 10.6. The summed E-state index contributed by atoms with van der Waals surface area (Å²) in [6.45, 7) is -0.353. The van der Waals surface area contributed by atoms with E-state index in [9.17, 15) is 19.7 Å². The van der Waals surface area contributed by atoms with E-state index in [1.54, 1.807) is 30.3 Å². The molecule has 0 radical (unpaired) electrons. The van der Waals surface area contributed by atoms with Crippen LogP contribution in [0.2, 0.25) is 0 Å². The van der Waals surface area contributed by atoms with Crippen LogP contribution in [-0.2, 0) is 4.79 Å². The van der Waals surface area contributed by atoms with E-state index in [0.29, 0.717) is 10.0 Å². The largest absolute Gasteiger partial charge is 0.483 e. The number of rotatable bonds is 8. The van der Waals surface area contributed by atoms with E-state index in [1.807, 2.05) is 0 Å². The van der Waals surface area contributed by atoms with Gasteiger partial charge in [0.2, 0.25) is 5.76 Å². The molecule has 2 aromatic carbocycles. The summed E-state index contributed by atoms with van der Waals surface area (Å²) in [5, 5.41) is 14.5. The first-order chi connectivity index (χ1) is 14.9. The molecule has 0 aliphatic carbocycles. The van der Waals surface area contributed by atoms with E-state index in [1.165, 1.54) is 36.7 Å². The lowest BCUT2D eigenvalue weighted by Gasteiger charge is -2.07. The molecule has 11 heteroatoms. The molecule has 0 unspecified atom stereocenters. The molecule has 0 spiro atoms. The molecule has 1 amide bonds. The minimum Gasteiger partial charge on any atom is -0.483 e. The van der Waals surface area contributed by atoms with Gasteiger partial charge < -0.3 is 13.9 Å². The number of non-ortho nitro benzene ring substituents is 1. The van der Waals surface area contributed by atoms with Crippen molar-refractivity contribution in [3.63, 3.8) is 0 Å². The number of hydrogen-bond donors (Lipinski definition) is 1. The Hall–Kier alpha value is -3.99. The molecule has 3 aromatic rings. The molecule has 158 valence electrons. The molecule has 0 fully saturated rings. The van der Waals surface area contributed by atoms with Gasteiger partial charge in [0, 0.05) is 12.1 Å². The highest BCUT2D eigenvalue weighted by Gasteiger charge is 2.12. The van der Waals surface area contributed by atoms with E-state index >= 15 is 0 Å². The van der Waals surface area contributed by atoms with Crippen LogP contribution in [-0.4, -0.2) is 29.6 Å². The van der Waals surface area contributed by atoms with Gasteiger partial charge in [0.25, 0.3) is 11.6 Å². The molecule has 0 atom stereocenters. The number of esters is 1. The number of hydrazone groups is 1. The smallest absolute Gasteiger partial charge is 0.379 e. The summed E-state index contributed by atoms with van der Waals surface area (Å²) < 4.78 is 15.8. The van der Waals surface area contributed by atoms with Gasteiger partial charge >= 0.3 is 5.97 Å². The number of carbonyl (C=O) groups excluding carboxylic acids is 2. The second-order valence-electron chi connectivity index (χ2n) is 5.89. The van der Waals surface area contributed by atoms with Crippen molar-refractivity contribution in [3.05, 3.63) is 86.8 Å². The molecule has 0 aliphatic heterocycles. The standard InChI is InChI=1S/C20H14BrN3O7/c21-16-10-14(24(27)28)6-7-17(16)30-12-19(25)23-22-11-13-3-1-4-15(9-13)31-20(26)18-5-2-8-29-18/h1-11H,12H2,(H,23,25). The van der Waals surface area contributed by atoms with E-state index in [4.69, 9.17) is 13.9 Å². The monoisotopic (exact) mass is 487 g/mol. The van der Waals surface area contributed by atoms with Crippen LogP contribution in [0.3, 0.4) is 0 Å². The van der Waals surface area contributed by atoms with Gasteiger partial charge in [-0.25, -0.2) is 10.2 Å². The summed E-state index contributed by atoms with van der Waals surface area (Å²) in [6, 6.07) is 13.5. The molecular formula is C20H14BrN3O7. The zero-order chi connectivity index (χ0) is 22.2. The summed E-state index contributed by atoms with van der Waals surface area (Å²) >= 11 is 3.15. The van der Waals surface area contributed by atoms with Crippen LogP contribution in [0.15, 0.2) is 74.9 Å². The Morgan fingerprint density at radius 3 is 2.74 bits per heavy atom. The number of carbonyl (C=O) groups is 2. The highest BCUT2D eigenvalue weighted by Crippen LogP contribution is 2.28. The predicted octanol–water partition coefficient (Wildman–Crippen LogP) is 3.70. The van der Waals surface area contributed by atoms with Crippen LogP contribution in [0.1, 0.15) is 16.1 Å². The maximum absolute atomic E-state index is 11.9. The lowest BCUT2D eigenvalue weighted by atomic mass is 10.2. The number of nitrogens with zero attached hydrogens (tertiary/aromatic N) is 2. The highest BCUT2D eigenvalue weighted by molar-refractivity contribution is 9.10. The van der Waals surface area contributed by atoms with Gasteiger partial charge in [0.05, 0.1) is 21.9 Å². The van der Waals surface area contributed by atoms with Gasteiger partial charge in [0.1, 0.15) is 11.5 Å². The van der Waals surface area contributed by atoms with Crippen LogP contribution in [0, 0.1) is 10.1 Å². The van der Waals surface area contributed by atoms with Crippen molar-refractivity contribution in [3.8, 4) is 11.5 Å². The summed E-state index contributed by atoms with van der Waals surface area (Å²) in [5.41, 5.74) is 2.76. The first-order valence-corrected chi connectivity index (χ1v) is 9.46. The Bertz CT molecular complexity index is 1130. The highest BCUT2D eigenvalue weighted by atomic mass is 79.9. The van der Waals surface area contributed by atoms with Crippen molar-refractivity contribution < 1.29 is 28.4 Å². The third-order valence-corrected chi connectivity index (χ3v) is 4.30. The van der Waals surface area contributed by atoms with Crippen molar-refractivity contribution in [2.45, 2.75) is 0 Å². The van der Waals surface area contributed by atoms with Crippen LogP contribution in [0.4, 0.5) is 5.69 Å².